The van der Waals surface area contributed by atoms with Crippen LogP contribution in [0.5, 0.6) is 0 Å². The third kappa shape index (κ3) is 3.19. The standard InChI is InChI=1S/C14H24Si2/c1-7-13-8-10-14(11-9-13)12-16(5,6)15(2,3)4/h7-11H,1,12H2,2-6H3. The average Bonchev–Trinajstić information content (AvgIpc) is 2.16. The van der Waals surface area contributed by atoms with Crippen molar-refractivity contribution < 1.29 is 0 Å². The van der Waals surface area contributed by atoms with Crippen LogP contribution in [0.15, 0.2) is 30.8 Å². The van der Waals surface area contributed by atoms with E-state index in [1.54, 1.807) is 0 Å². The Morgan fingerprint density at radius 3 is 1.88 bits per heavy atom. The van der Waals surface area contributed by atoms with Crippen LogP contribution in [0, 0.1) is 0 Å². The summed E-state index contributed by atoms with van der Waals surface area (Å²) in [4.78, 5) is 0. The predicted octanol–water partition coefficient (Wildman–Crippen LogP) is 4.54. The van der Waals surface area contributed by atoms with Crippen molar-refractivity contribution in [3.05, 3.63) is 42.0 Å². The maximum absolute atomic E-state index is 3.79. The van der Waals surface area contributed by atoms with Gasteiger partial charge in [0.05, 0.1) is 0 Å². The van der Waals surface area contributed by atoms with Crippen LogP contribution < -0.4 is 0 Å². The van der Waals surface area contributed by atoms with Crippen LogP contribution >= 0.6 is 0 Å². The molecule has 88 valence electrons. The molecular formula is C14H24Si2. The molecule has 16 heavy (non-hydrogen) atoms. The Bertz CT molecular complexity index is 355. The van der Waals surface area contributed by atoms with E-state index in [2.05, 4.69) is 63.6 Å². The number of hydrogen-bond donors (Lipinski definition) is 0. The first-order valence-corrected chi connectivity index (χ1v) is 13.7. The lowest BCUT2D eigenvalue weighted by molar-refractivity contribution is 1.33. The van der Waals surface area contributed by atoms with Gasteiger partial charge in [-0.1, -0.05) is 75.2 Å². The molecule has 0 aliphatic carbocycles. The van der Waals surface area contributed by atoms with Gasteiger partial charge >= 0.3 is 0 Å². The minimum Gasteiger partial charge on any atom is -0.0985 e. The van der Waals surface area contributed by atoms with E-state index < -0.39 is 15.2 Å². The maximum atomic E-state index is 3.79. The van der Waals surface area contributed by atoms with Gasteiger partial charge in [-0.05, 0) is 11.6 Å². The topological polar surface area (TPSA) is 0 Å². The molecule has 2 heteroatoms. The van der Waals surface area contributed by atoms with Crippen LogP contribution in [0.2, 0.25) is 32.7 Å². The van der Waals surface area contributed by atoms with E-state index in [0.717, 1.165) is 0 Å². The third-order valence-corrected chi connectivity index (χ3v) is 22.0. The van der Waals surface area contributed by atoms with Gasteiger partial charge in [-0.15, -0.1) is 0 Å². The highest BCUT2D eigenvalue weighted by Crippen LogP contribution is 2.23. The third-order valence-electron chi connectivity index (χ3n) is 3.89. The molecule has 0 aliphatic rings. The molecule has 0 nitrogen and oxygen atoms in total. The van der Waals surface area contributed by atoms with Gasteiger partial charge in [-0.2, -0.15) is 0 Å². The molecule has 0 atom stereocenters. The summed E-state index contributed by atoms with van der Waals surface area (Å²) in [5.74, 6) is 0. The zero-order chi connectivity index (χ0) is 12.4. The van der Waals surface area contributed by atoms with Gasteiger partial charge in [-0.3, -0.25) is 0 Å². The molecule has 0 unspecified atom stereocenters. The summed E-state index contributed by atoms with van der Waals surface area (Å²) < 4.78 is 0. The van der Waals surface area contributed by atoms with E-state index in [9.17, 15) is 0 Å². The van der Waals surface area contributed by atoms with Crippen LogP contribution in [0.1, 0.15) is 11.1 Å². The van der Waals surface area contributed by atoms with Crippen molar-refractivity contribution in [1.29, 1.82) is 0 Å². The molecule has 0 spiro atoms. The van der Waals surface area contributed by atoms with E-state index >= 15 is 0 Å². The molecule has 0 bridgehead atoms. The van der Waals surface area contributed by atoms with E-state index in [0.29, 0.717) is 0 Å². The Morgan fingerprint density at radius 1 is 1.00 bits per heavy atom. The summed E-state index contributed by atoms with van der Waals surface area (Å²) in [6.45, 7) is 16.4. The summed E-state index contributed by atoms with van der Waals surface area (Å²) in [6.07, 6.45) is 1.91. The second-order valence-electron chi connectivity index (χ2n) is 6.26. The molecule has 0 saturated heterocycles. The lowest BCUT2D eigenvalue weighted by atomic mass is 10.1. The quantitative estimate of drug-likeness (QED) is 0.687. The number of benzene rings is 1. The SMILES string of the molecule is C=Cc1ccc(C[Si](C)(C)[Si](C)(C)C)cc1. The molecule has 0 radical (unpaired) electrons. The largest absolute Gasteiger partial charge is 0.0985 e. The average molecular weight is 249 g/mol. The van der Waals surface area contributed by atoms with E-state index in [1.807, 2.05) is 6.08 Å². The van der Waals surface area contributed by atoms with Gasteiger partial charge in [0.1, 0.15) is 0 Å². The van der Waals surface area contributed by atoms with Gasteiger partial charge < -0.3 is 0 Å². The summed E-state index contributed by atoms with van der Waals surface area (Å²) >= 11 is 0. The fraction of sp³-hybridized carbons (Fsp3) is 0.429. The van der Waals surface area contributed by atoms with E-state index in [1.165, 1.54) is 17.2 Å². The van der Waals surface area contributed by atoms with Gasteiger partial charge in [0, 0.05) is 15.2 Å². The van der Waals surface area contributed by atoms with Crippen molar-refractivity contribution in [2.45, 2.75) is 38.8 Å². The minimum atomic E-state index is -1.06. The van der Waals surface area contributed by atoms with Crippen LogP contribution in [0.25, 0.3) is 6.08 Å². The van der Waals surface area contributed by atoms with Crippen LogP contribution in [0.4, 0.5) is 0 Å². The Morgan fingerprint density at radius 2 is 1.50 bits per heavy atom. The first-order chi connectivity index (χ1) is 7.26. The monoisotopic (exact) mass is 248 g/mol. The van der Waals surface area contributed by atoms with Crippen LogP contribution in [-0.4, -0.2) is 15.2 Å². The Hall–Kier alpha value is -0.606. The molecule has 0 amide bonds. The highest BCUT2D eigenvalue weighted by atomic mass is 29.3. The van der Waals surface area contributed by atoms with Crippen molar-refractivity contribution in [2.24, 2.45) is 0 Å². The van der Waals surface area contributed by atoms with Crippen molar-refractivity contribution in [2.75, 3.05) is 0 Å². The molecule has 0 fully saturated rings. The van der Waals surface area contributed by atoms with Gasteiger partial charge in [0.15, 0.2) is 0 Å². The summed E-state index contributed by atoms with van der Waals surface area (Å²) in [5.41, 5.74) is 2.72. The Labute approximate surface area is 102 Å². The molecule has 0 heterocycles. The van der Waals surface area contributed by atoms with Crippen molar-refractivity contribution in [3.8, 4) is 0 Å². The van der Waals surface area contributed by atoms with E-state index in [4.69, 9.17) is 0 Å². The predicted molar refractivity (Wildman–Crippen MR) is 81.1 cm³/mol. The zero-order valence-corrected chi connectivity index (χ0v) is 13.3. The molecule has 1 aromatic carbocycles. The molecule has 0 saturated carbocycles. The fourth-order valence-corrected chi connectivity index (χ4v) is 5.54. The molecule has 1 aromatic rings. The van der Waals surface area contributed by atoms with Crippen LogP contribution in [-0.2, 0) is 6.04 Å². The normalized spacial score (nSPS) is 12.6. The molecule has 0 aromatic heterocycles. The summed E-state index contributed by atoms with van der Waals surface area (Å²) in [7, 11) is -2.03. The molecule has 1 rings (SSSR count). The lowest BCUT2D eigenvalue weighted by Crippen LogP contribution is -2.54. The highest BCUT2D eigenvalue weighted by molar-refractivity contribution is 7.40. The van der Waals surface area contributed by atoms with Crippen molar-refractivity contribution >= 4 is 21.3 Å². The molecule has 0 aliphatic heterocycles. The first-order valence-electron chi connectivity index (χ1n) is 5.98. The second-order valence-corrected chi connectivity index (χ2v) is 23.4. The zero-order valence-electron chi connectivity index (χ0n) is 11.3. The van der Waals surface area contributed by atoms with Gasteiger partial charge in [-0.25, -0.2) is 0 Å². The number of rotatable bonds is 4. The lowest BCUT2D eigenvalue weighted by Gasteiger charge is -2.35. The van der Waals surface area contributed by atoms with Gasteiger partial charge in [0.25, 0.3) is 0 Å². The second kappa shape index (κ2) is 4.72. The van der Waals surface area contributed by atoms with Crippen LogP contribution in [0.3, 0.4) is 0 Å². The van der Waals surface area contributed by atoms with Crippen molar-refractivity contribution in [1.82, 2.24) is 0 Å². The maximum Gasteiger partial charge on any atom is 0.0454 e. The molecular weight excluding hydrogens is 224 g/mol. The van der Waals surface area contributed by atoms with Gasteiger partial charge in [0.2, 0.25) is 0 Å². The smallest absolute Gasteiger partial charge is 0.0454 e. The van der Waals surface area contributed by atoms with Crippen molar-refractivity contribution in [3.63, 3.8) is 0 Å². The molecule has 0 N–H and O–H groups in total. The van der Waals surface area contributed by atoms with E-state index in [-0.39, 0.29) is 0 Å². The minimum absolute atomic E-state index is 0.971. The highest BCUT2D eigenvalue weighted by Gasteiger charge is 2.36. The summed E-state index contributed by atoms with van der Waals surface area (Å²) in [6, 6.07) is 10.2. The number of hydrogen-bond acceptors (Lipinski definition) is 0. The fourth-order valence-electron chi connectivity index (χ4n) is 1.55. The first kappa shape index (κ1) is 13.5. The Kier molecular flexibility index (Phi) is 3.97. The Balaban J connectivity index is 2.84. The summed E-state index contributed by atoms with van der Waals surface area (Å²) in [5, 5.41) is 0.